The molecular weight excluding hydrogens is 719 g/mol. The summed E-state index contributed by atoms with van der Waals surface area (Å²) in [6, 6.07) is 74.1. The lowest BCUT2D eigenvalue weighted by atomic mass is 9.96. The lowest BCUT2D eigenvalue weighted by Gasteiger charge is -2.11. The second kappa shape index (κ2) is 14.5. The standard InChI is InChI=1S/C55H35N3O/c1-3-12-36(13-4-1)38-24-28-41(29-25-38)53-56-54(42-30-26-40(27-31-42)47-21-10-17-39-16-7-8-20-46(39)47)58-55(57-53)45-32-33-49-51(35-45)59-50-23-11-22-48(52(49)50)44-19-9-18-43(34-44)37-14-5-2-6-15-37/h1-35H. The summed E-state index contributed by atoms with van der Waals surface area (Å²) in [5.74, 6) is 1.79. The summed E-state index contributed by atoms with van der Waals surface area (Å²) in [7, 11) is 0. The maximum absolute atomic E-state index is 6.59. The van der Waals surface area contributed by atoms with E-state index in [1.807, 2.05) is 18.2 Å². The quantitative estimate of drug-likeness (QED) is 0.163. The van der Waals surface area contributed by atoms with E-state index in [9.17, 15) is 0 Å². The van der Waals surface area contributed by atoms with Crippen LogP contribution in [-0.4, -0.2) is 15.0 Å². The topological polar surface area (TPSA) is 51.8 Å². The highest BCUT2D eigenvalue weighted by Crippen LogP contribution is 2.39. The molecule has 0 N–H and O–H groups in total. The number of benzene rings is 9. The lowest BCUT2D eigenvalue weighted by molar-refractivity contribution is 0.669. The van der Waals surface area contributed by atoms with E-state index in [0.717, 1.165) is 66.4 Å². The van der Waals surface area contributed by atoms with Crippen LogP contribution >= 0.6 is 0 Å². The Hall–Kier alpha value is -7.95. The molecule has 0 aliphatic rings. The van der Waals surface area contributed by atoms with Gasteiger partial charge in [-0.25, -0.2) is 15.0 Å². The summed E-state index contributed by atoms with van der Waals surface area (Å²) in [6.45, 7) is 0. The van der Waals surface area contributed by atoms with Crippen LogP contribution in [0.1, 0.15) is 0 Å². The second-order valence-electron chi connectivity index (χ2n) is 14.8. The van der Waals surface area contributed by atoms with Crippen LogP contribution in [0.3, 0.4) is 0 Å². The number of fused-ring (bicyclic) bond motifs is 4. The average Bonchev–Trinajstić information content (AvgIpc) is 3.70. The molecule has 11 rings (SSSR count). The van der Waals surface area contributed by atoms with E-state index >= 15 is 0 Å². The Bertz CT molecular complexity index is 3290. The van der Waals surface area contributed by atoms with Gasteiger partial charge >= 0.3 is 0 Å². The molecule has 4 nitrogen and oxygen atoms in total. The Morgan fingerprint density at radius 3 is 1.49 bits per heavy atom. The van der Waals surface area contributed by atoms with E-state index in [2.05, 4.69) is 194 Å². The van der Waals surface area contributed by atoms with E-state index in [4.69, 9.17) is 19.4 Å². The molecule has 2 heterocycles. The molecule has 0 saturated heterocycles. The van der Waals surface area contributed by atoms with E-state index < -0.39 is 0 Å². The van der Waals surface area contributed by atoms with Gasteiger partial charge in [0, 0.05) is 27.5 Å². The normalized spacial score (nSPS) is 11.4. The molecule has 0 fully saturated rings. The first kappa shape index (κ1) is 34.3. The molecule has 9 aromatic carbocycles. The molecule has 0 spiro atoms. The molecule has 0 amide bonds. The fraction of sp³-hybridized carbons (Fsp3) is 0. The highest BCUT2D eigenvalue weighted by atomic mass is 16.3. The van der Waals surface area contributed by atoms with Crippen molar-refractivity contribution in [3.63, 3.8) is 0 Å². The Labute approximate surface area is 341 Å². The molecule has 4 heteroatoms. The first-order valence-corrected chi connectivity index (χ1v) is 19.8. The van der Waals surface area contributed by atoms with Crippen molar-refractivity contribution in [1.29, 1.82) is 0 Å². The van der Waals surface area contributed by atoms with Crippen LogP contribution in [0.15, 0.2) is 217 Å². The van der Waals surface area contributed by atoms with Crippen molar-refractivity contribution in [1.82, 2.24) is 15.0 Å². The lowest BCUT2D eigenvalue weighted by Crippen LogP contribution is -2.00. The van der Waals surface area contributed by atoms with Gasteiger partial charge < -0.3 is 4.42 Å². The van der Waals surface area contributed by atoms with E-state index in [1.165, 1.54) is 27.5 Å². The Morgan fingerprint density at radius 1 is 0.271 bits per heavy atom. The van der Waals surface area contributed by atoms with Gasteiger partial charge in [-0.2, -0.15) is 0 Å². The number of hydrogen-bond donors (Lipinski definition) is 0. The van der Waals surface area contributed by atoms with Crippen LogP contribution < -0.4 is 0 Å². The van der Waals surface area contributed by atoms with Crippen LogP contribution in [0.2, 0.25) is 0 Å². The summed E-state index contributed by atoms with van der Waals surface area (Å²) in [4.78, 5) is 15.3. The third-order valence-corrected chi connectivity index (χ3v) is 11.2. The molecule has 0 unspecified atom stereocenters. The Kier molecular flexibility index (Phi) is 8.45. The SMILES string of the molecule is c1ccc(-c2ccc(-c3nc(-c4ccc(-c5cccc6ccccc56)cc4)nc(-c4ccc5c(c4)oc4cccc(-c6cccc(-c7ccccc7)c6)c45)n3)cc2)cc1. The van der Waals surface area contributed by atoms with Crippen molar-refractivity contribution in [2.45, 2.75) is 0 Å². The van der Waals surface area contributed by atoms with Crippen LogP contribution in [-0.2, 0) is 0 Å². The third-order valence-electron chi connectivity index (χ3n) is 11.2. The molecule has 59 heavy (non-hydrogen) atoms. The zero-order valence-corrected chi connectivity index (χ0v) is 32.0. The van der Waals surface area contributed by atoms with Crippen molar-refractivity contribution in [3.05, 3.63) is 212 Å². The van der Waals surface area contributed by atoms with Crippen molar-refractivity contribution in [2.24, 2.45) is 0 Å². The van der Waals surface area contributed by atoms with E-state index in [0.29, 0.717) is 17.5 Å². The summed E-state index contributed by atoms with van der Waals surface area (Å²) < 4.78 is 6.59. The molecule has 0 aliphatic heterocycles. The maximum Gasteiger partial charge on any atom is 0.164 e. The molecular formula is C55H35N3O. The molecule has 2 aromatic heterocycles. The first-order chi connectivity index (χ1) is 29.2. The minimum absolute atomic E-state index is 0.577. The first-order valence-electron chi connectivity index (χ1n) is 19.8. The summed E-state index contributed by atoms with van der Waals surface area (Å²) in [5.41, 5.74) is 13.5. The fourth-order valence-electron chi connectivity index (χ4n) is 8.18. The predicted molar refractivity (Wildman–Crippen MR) is 243 cm³/mol. The number of nitrogens with zero attached hydrogens (tertiary/aromatic N) is 3. The van der Waals surface area contributed by atoms with E-state index in [-0.39, 0.29) is 0 Å². The molecule has 276 valence electrons. The zero-order valence-electron chi connectivity index (χ0n) is 32.0. The highest BCUT2D eigenvalue weighted by molar-refractivity contribution is 6.13. The van der Waals surface area contributed by atoms with Gasteiger partial charge in [-0.3, -0.25) is 0 Å². The van der Waals surface area contributed by atoms with Gasteiger partial charge in [-0.05, 0) is 79.5 Å². The molecule has 0 atom stereocenters. The van der Waals surface area contributed by atoms with Crippen molar-refractivity contribution >= 4 is 32.7 Å². The molecule has 0 radical (unpaired) electrons. The zero-order chi connectivity index (χ0) is 39.1. The number of furan rings is 1. The fourth-order valence-corrected chi connectivity index (χ4v) is 8.18. The maximum atomic E-state index is 6.59. The predicted octanol–water partition coefficient (Wildman–Crippen LogP) is 14.6. The van der Waals surface area contributed by atoms with Gasteiger partial charge in [0.15, 0.2) is 17.5 Å². The number of rotatable bonds is 7. The smallest absolute Gasteiger partial charge is 0.164 e. The average molecular weight is 754 g/mol. The monoisotopic (exact) mass is 753 g/mol. The molecule has 11 aromatic rings. The van der Waals surface area contributed by atoms with Crippen molar-refractivity contribution < 1.29 is 4.42 Å². The van der Waals surface area contributed by atoms with E-state index in [1.54, 1.807) is 0 Å². The minimum atomic E-state index is 0.577. The number of hydrogen-bond acceptors (Lipinski definition) is 4. The van der Waals surface area contributed by atoms with Gasteiger partial charge in [0.2, 0.25) is 0 Å². The third kappa shape index (κ3) is 6.43. The molecule has 0 aliphatic carbocycles. The number of aromatic nitrogens is 3. The second-order valence-corrected chi connectivity index (χ2v) is 14.8. The van der Waals surface area contributed by atoms with Gasteiger partial charge in [-0.15, -0.1) is 0 Å². The van der Waals surface area contributed by atoms with Crippen LogP contribution in [0, 0.1) is 0 Å². The summed E-state index contributed by atoms with van der Waals surface area (Å²) >= 11 is 0. The summed E-state index contributed by atoms with van der Waals surface area (Å²) in [6.07, 6.45) is 0. The van der Waals surface area contributed by atoms with Crippen LogP contribution in [0.4, 0.5) is 0 Å². The Balaban J connectivity index is 1.01. The minimum Gasteiger partial charge on any atom is -0.456 e. The van der Waals surface area contributed by atoms with Crippen molar-refractivity contribution in [3.8, 4) is 78.7 Å². The largest absolute Gasteiger partial charge is 0.456 e. The molecule has 0 bridgehead atoms. The van der Waals surface area contributed by atoms with Crippen molar-refractivity contribution in [2.75, 3.05) is 0 Å². The van der Waals surface area contributed by atoms with Crippen LogP contribution in [0.5, 0.6) is 0 Å². The van der Waals surface area contributed by atoms with Gasteiger partial charge in [-0.1, -0.05) is 188 Å². The van der Waals surface area contributed by atoms with Gasteiger partial charge in [0.1, 0.15) is 11.2 Å². The summed E-state index contributed by atoms with van der Waals surface area (Å²) in [5, 5.41) is 4.56. The molecule has 0 saturated carbocycles. The highest BCUT2D eigenvalue weighted by Gasteiger charge is 2.17. The Morgan fingerprint density at radius 2 is 0.763 bits per heavy atom. The van der Waals surface area contributed by atoms with Gasteiger partial charge in [0.05, 0.1) is 0 Å². The van der Waals surface area contributed by atoms with Crippen LogP contribution in [0.25, 0.3) is 111 Å². The van der Waals surface area contributed by atoms with Gasteiger partial charge in [0.25, 0.3) is 0 Å².